The average molecular weight is 377 g/mol. The van der Waals surface area contributed by atoms with Gasteiger partial charge in [0.1, 0.15) is 13.2 Å². The molecule has 0 atom stereocenters. The van der Waals surface area contributed by atoms with Crippen molar-refractivity contribution in [1.29, 1.82) is 0 Å². The summed E-state index contributed by atoms with van der Waals surface area (Å²) in [5.41, 5.74) is 2.84. The van der Waals surface area contributed by atoms with Crippen LogP contribution in [0.4, 0.5) is 0 Å². The van der Waals surface area contributed by atoms with Gasteiger partial charge in [-0.15, -0.1) is 0 Å². The molecule has 0 saturated carbocycles. The van der Waals surface area contributed by atoms with Crippen molar-refractivity contribution in [2.75, 3.05) is 0 Å². The Morgan fingerprint density at radius 3 is 1.63 bits per heavy atom. The van der Waals surface area contributed by atoms with Gasteiger partial charge in [-0.3, -0.25) is 9.59 Å². The molecule has 0 heterocycles. The summed E-state index contributed by atoms with van der Waals surface area (Å²) in [6, 6.07) is 4.18. The Balaban J connectivity index is 3.19. The molecule has 0 aliphatic carbocycles. The van der Waals surface area contributed by atoms with Crippen LogP contribution in [0.3, 0.4) is 0 Å². The standard InChI is InChI=1S/C23H36O4/c1-15-11-17(21(2,3)4)12-16(13-26-19(24)22(5,6)7)18(15)14-27-20(25)23(8,9)10/h11-12H,13-14H2,1-10H3. The van der Waals surface area contributed by atoms with Crippen molar-refractivity contribution >= 4 is 11.9 Å². The molecule has 0 aliphatic heterocycles. The second-order valence-electron chi connectivity index (χ2n) is 10.3. The minimum atomic E-state index is -0.560. The van der Waals surface area contributed by atoms with E-state index in [-0.39, 0.29) is 30.6 Å². The highest BCUT2D eigenvalue weighted by Gasteiger charge is 2.26. The Morgan fingerprint density at radius 2 is 1.22 bits per heavy atom. The fourth-order valence-corrected chi connectivity index (χ4v) is 2.37. The van der Waals surface area contributed by atoms with Gasteiger partial charge in [-0.1, -0.05) is 32.9 Å². The fraction of sp³-hybridized carbons (Fsp3) is 0.652. The Labute approximate surface area is 164 Å². The van der Waals surface area contributed by atoms with Crippen LogP contribution in [-0.2, 0) is 37.7 Å². The van der Waals surface area contributed by atoms with Crippen LogP contribution in [0.25, 0.3) is 0 Å². The first-order chi connectivity index (χ1) is 12.0. The smallest absolute Gasteiger partial charge is 0.311 e. The highest BCUT2D eigenvalue weighted by Crippen LogP contribution is 2.29. The third-order valence-corrected chi connectivity index (χ3v) is 4.36. The van der Waals surface area contributed by atoms with Crippen LogP contribution in [0.5, 0.6) is 0 Å². The van der Waals surface area contributed by atoms with Crippen molar-refractivity contribution in [3.8, 4) is 0 Å². The van der Waals surface area contributed by atoms with Gasteiger partial charge in [0, 0.05) is 0 Å². The average Bonchev–Trinajstić information content (AvgIpc) is 2.47. The zero-order valence-electron chi connectivity index (χ0n) is 18.7. The maximum absolute atomic E-state index is 12.2. The first-order valence-electron chi connectivity index (χ1n) is 9.51. The van der Waals surface area contributed by atoms with E-state index in [0.717, 1.165) is 22.3 Å². The molecule has 0 saturated heterocycles. The minimum Gasteiger partial charge on any atom is -0.460 e. The monoisotopic (exact) mass is 376 g/mol. The predicted octanol–water partition coefficient (Wildman–Crippen LogP) is 5.47. The van der Waals surface area contributed by atoms with E-state index >= 15 is 0 Å². The molecule has 0 radical (unpaired) electrons. The third kappa shape index (κ3) is 6.67. The lowest BCUT2D eigenvalue weighted by molar-refractivity contribution is -0.155. The number of hydrogen-bond donors (Lipinski definition) is 0. The lowest BCUT2D eigenvalue weighted by atomic mass is 9.83. The molecule has 4 heteroatoms. The van der Waals surface area contributed by atoms with Crippen LogP contribution in [0.1, 0.15) is 84.6 Å². The van der Waals surface area contributed by atoms with Gasteiger partial charge in [0.2, 0.25) is 0 Å². The van der Waals surface area contributed by atoms with Crippen molar-refractivity contribution in [1.82, 2.24) is 0 Å². The summed E-state index contributed by atoms with van der Waals surface area (Å²) < 4.78 is 11.1. The molecule has 1 aromatic rings. The van der Waals surface area contributed by atoms with Crippen LogP contribution >= 0.6 is 0 Å². The van der Waals surface area contributed by atoms with E-state index in [0.29, 0.717) is 0 Å². The molecular weight excluding hydrogens is 340 g/mol. The van der Waals surface area contributed by atoms with Crippen molar-refractivity contribution in [3.05, 3.63) is 34.4 Å². The number of carbonyl (C=O) groups is 2. The number of ether oxygens (including phenoxy) is 2. The van der Waals surface area contributed by atoms with Gasteiger partial charge in [0.25, 0.3) is 0 Å². The van der Waals surface area contributed by atoms with Gasteiger partial charge in [-0.2, -0.15) is 0 Å². The van der Waals surface area contributed by atoms with Crippen molar-refractivity contribution in [3.63, 3.8) is 0 Å². The van der Waals surface area contributed by atoms with Crippen LogP contribution in [0, 0.1) is 17.8 Å². The number of esters is 2. The molecule has 0 N–H and O–H groups in total. The molecular formula is C23H36O4. The van der Waals surface area contributed by atoms with E-state index < -0.39 is 10.8 Å². The van der Waals surface area contributed by atoms with E-state index in [1.54, 1.807) is 0 Å². The summed E-state index contributed by atoms with van der Waals surface area (Å²) in [4.78, 5) is 24.4. The molecule has 0 spiro atoms. The molecule has 0 aromatic heterocycles. The first-order valence-corrected chi connectivity index (χ1v) is 9.51. The Bertz CT molecular complexity index is 695. The van der Waals surface area contributed by atoms with Crippen LogP contribution < -0.4 is 0 Å². The highest BCUT2D eigenvalue weighted by molar-refractivity contribution is 5.76. The molecule has 0 fully saturated rings. The van der Waals surface area contributed by atoms with E-state index in [2.05, 4.69) is 32.9 Å². The summed E-state index contributed by atoms with van der Waals surface area (Å²) in [5, 5.41) is 0. The summed E-state index contributed by atoms with van der Waals surface area (Å²) in [6.07, 6.45) is 0. The van der Waals surface area contributed by atoms with Gasteiger partial charge in [0.05, 0.1) is 10.8 Å². The zero-order chi connectivity index (χ0) is 21.2. The zero-order valence-corrected chi connectivity index (χ0v) is 18.7. The van der Waals surface area contributed by atoms with E-state index in [1.165, 1.54) is 0 Å². The van der Waals surface area contributed by atoms with Gasteiger partial charge in [-0.05, 0) is 76.1 Å². The lowest BCUT2D eigenvalue weighted by Crippen LogP contribution is -2.24. The molecule has 152 valence electrons. The van der Waals surface area contributed by atoms with E-state index in [1.807, 2.05) is 48.5 Å². The number of hydrogen-bond acceptors (Lipinski definition) is 4. The highest BCUT2D eigenvalue weighted by atomic mass is 16.5. The Hall–Kier alpha value is -1.84. The third-order valence-electron chi connectivity index (χ3n) is 4.36. The second-order valence-corrected chi connectivity index (χ2v) is 10.3. The van der Waals surface area contributed by atoms with Crippen LogP contribution in [-0.4, -0.2) is 11.9 Å². The molecule has 0 aliphatic rings. The van der Waals surface area contributed by atoms with Crippen molar-refractivity contribution < 1.29 is 19.1 Å². The normalized spacial score (nSPS) is 12.7. The molecule has 1 rings (SSSR count). The van der Waals surface area contributed by atoms with Gasteiger partial charge in [-0.25, -0.2) is 0 Å². The maximum Gasteiger partial charge on any atom is 0.311 e. The molecule has 4 nitrogen and oxygen atoms in total. The molecule has 0 bridgehead atoms. The SMILES string of the molecule is Cc1cc(C(C)(C)C)cc(COC(=O)C(C)(C)C)c1COC(=O)C(C)(C)C. The van der Waals surface area contributed by atoms with Crippen molar-refractivity contribution in [2.45, 2.75) is 87.9 Å². The number of carbonyl (C=O) groups excluding carboxylic acids is 2. The van der Waals surface area contributed by atoms with Crippen LogP contribution in [0.2, 0.25) is 0 Å². The number of aryl methyl sites for hydroxylation is 1. The van der Waals surface area contributed by atoms with Gasteiger partial charge < -0.3 is 9.47 Å². The lowest BCUT2D eigenvalue weighted by Gasteiger charge is -2.25. The number of rotatable bonds is 4. The summed E-state index contributed by atoms with van der Waals surface area (Å²) in [5.74, 6) is -0.501. The summed E-state index contributed by atoms with van der Waals surface area (Å²) >= 11 is 0. The maximum atomic E-state index is 12.2. The molecule has 1 aromatic carbocycles. The van der Waals surface area contributed by atoms with E-state index in [4.69, 9.17) is 9.47 Å². The molecule has 0 amide bonds. The van der Waals surface area contributed by atoms with Gasteiger partial charge in [0.15, 0.2) is 0 Å². The molecule has 27 heavy (non-hydrogen) atoms. The van der Waals surface area contributed by atoms with Crippen molar-refractivity contribution in [2.24, 2.45) is 10.8 Å². The fourth-order valence-electron chi connectivity index (χ4n) is 2.37. The minimum absolute atomic E-state index is 0.0336. The Kier molecular flexibility index (Phi) is 6.90. The largest absolute Gasteiger partial charge is 0.460 e. The Morgan fingerprint density at radius 1 is 0.778 bits per heavy atom. The molecule has 0 unspecified atom stereocenters. The quantitative estimate of drug-likeness (QED) is 0.654. The van der Waals surface area contributed by atoms with Crippen LogP contribution in [0.15, 0.2) is 12.1 Å². The number of benzene rings is 1. The van der Waals surface area contributed by atoms with E-state index in [9.17, 15) is 9.59 Å². The topological polar surface area (TPSA) is 52.6 Å². The predicted molar refractivity (Wildman–Crippen MR) is 108 cm³/mol. The summed E-state index contributed by atoms with van der Waals surface area (Å²) in [7, 11) is 0. The second kappa shape index (κ2) is 8.04. The van der Waals surface area contributed by atoms with Gasteiger partial charge >= 0.3 is 11.9 Å². The first kappa shape index (κ1) is 23.2. The summed E-state index contributed by atoms with van der Waals surface area (Å²) in [6.45, 7) is 19.8.